The smallest absolute Gasteiger partial charge is 0.206 e. The van der Waals surface area contributed by atoms with Gasteiger partial charge in [-0.15, -0.1) is 0 Å². The van der Waals surface area contributed by atoms with Gasteiger partial charge in [0, 0.05) is 0 Å². The van der Waals surface area contributed by atoms with E-state index in [-0.39, 0.29) is 21.3 Å². The molecule has 0 aliphatic rings. The van der Waals surface area contributed by atoms with Gasteiger partial charge in [-0.05, 0) is 48.9 Å². The third kappa shape index (κ3) is 2.17. The highest BCUT2D eigenvalue weighted by Gasteiger charge is 2.18. The van der Waals surface area contributed by atoms with Crippen LogP contribution in [-0.2, 0) is 9.84 Å². The standard InChI is InChI=1S/C13H12O4S/c1-9-7-12(5-6-13(9)15)18(16,17)11-4-2-3-10(14)8-11/h2-8,14-15H,1H3. The highest BCUT2D eigenvalue weighted by molar-refractivity contribution is 7.91. The van der Waals surface area contributed by atoms with Crippen LogP contribution in [0.1, 0.15) is 5.56 Å². The summed E-state index contributed by atoms with van der Waals surface area (Å²) in [4.78, 5) is 0.107. The Morgan fingerprint density at radius 1 is 0.944 bits per heavy atom. The molecule has 2 aromatic carbocycles. The van der Waals surface area contributed by atoms with Crippen molar-refractivity contribution in [2.45, 2.75) is 16.7 Å². The Morgan fingerprint density at radius 3 is 2.22 bits per heavy atom. The zero-order chi connectivity index (χ0) is 13.3. The normalized spacial score (nSPS) is 11.4. The van der Waals surface area contributed by atoms with Crippen molar-refractivity contribution in [3.8, 4) is 11.5 Å². The highest BCUT2D eigenvalue weighted by atomic mass is 32.2. The Balaban J connectivity index is 2.58. The number of hydrogen-bond donors (Lipinski definition) is 2. The van der Waals surface area contributed by atoms with Crippen molar-refractivity contribution in [2.75, 3.05) is 0 Å². The summed E-state index contributed by atoms with van der Waals surface area (Å²) in [5.41, 5.74) is 0.483. The van der Waals surface area contributed by atoms with Gasteiger partial charge in [0.25, 0.3) is 0 Å². The second-order valence-electron chi connectivity index (χ2n) is 3.95. The molecule has 0 radical (unpaired) electrons. The first-order valence-electron chi connectivity index (χ1n) is 5.25. The molecule has 0 saturated carbocycles. The fourth-order valence-corrected chi connectivity index (χ4v) is 2.97. The van der Waals surface area contributed by atoms with Gasteiger partial charge >= 0.3 is 0 Å². The lowest BCUT2D eigenvalue weighted by molar-refractivity contribution is 0.470. The first-order chi connectivity index (χ1) is 8.41. The Kier molecular flexibility index (Phi) is 3.00. The van der Waals surface area contributed by atoms with Crippen LogP contribution in [0.25, 0.3) is 0 Å². The van der Waals surface area contributed by atoms with Crippen LogP contribution in [-0.4, -0.2) is 18.6 Å². The lowest BCUT2D eigenvalue weighted by Crippen LogP contribution is -2.02. The first kappa shape index (κ1) is 12.4. The Bertz CT molecular complexity index is 690. The lowest BCUT2D eigenvalue weighted by atomic mass is 10.2. The van der Waals surface area contributed by atoms with Crippen LogP contribution in [0.3, 0.4) is 0 Å². The number of hydrogen-bond acceptors (Lipinski definition) is 4. The van der Waals surface area contributed by atoms with Gasteiger partial charge in [0.1, 0.15) is 11.5 Å². The van der Waals surface area contributed by atoms with Crippen molar-refractivity contribution in [1.82, 2.24) is 0 Å². The van der Waals surface area contributed by atoms with Gasteiger partial charge in [-0.2, -0.15) is 0 Å². The van der Waals surface area contributed by atoms with Crippen LogP contribution in [0.4, 0.5) is 0 Å². The number of aryl methyl sites for hydroxylation is 1. The second-order valence-corrected chi connectivity index (χ2v) is 5.90. The molecule has 0 aliphatic carbocycles. The minimum atomic E-state index is -3.67. The van der Waals surface area contributed by atoms with Gasteiger partial charge in [-0.1, -0.05) is 6.07 Å². The average Bonchev–Trinajstić information content (AvgIpc) is 2.32. The van der Waals surface area contributed by atoms with E-state index in [4.69, 9.17) is 0 Å². The van der Waals surface area contributed by atoms with Crippen LogP contribution in [0.5, 0.6) is 11.5 Å². The predicted molar refractivity (Wildman–Crippen MR) is 66.4 cm³/mol. The topological polar surface area (TPSA) is 74.6 Å². The molecule has 94 valence electrons. The van der Waals surface area contributed by atoms with E-state index in [1.54, 1.807) is 6.92 Å². The van der Waals surface area contributed by atoms with E-state index in [2.05, 4.69) is 0 Å². The molecular weight excluding hydrogens is 252 g/mol. The summed E-state index contributed by atoms with van der Waals surface area (Å²) < 4.78 is 24.5. The summed E-state index contributed by atoms with van der Waals surface area (Å²) in [6.07, 6.45) is 0. The molecular formula is C13H12O4S. The van der Waals surface area contributed by atoms with E-state index in [0.29, 0.717) is 5.56 Å². The molecule has 0 aliphatic heterocycles. The van der Waals surface area contributed by atoms with E-state index in [1.165, 1.54) is 42.5 Å². The number of phenolic OH excluding ortho intramolecular Hbond substituents is 2. The van der Waals surface area contributed by atoms with Crippen molar-refractivity contribution in [1.29, 1.82) is 0 Å². The Labute approximate surface area is 105 Å². The van der Waals surface area contributed by atoms with Gasteiger partial charge in [-0.3, -0.25) is 0 Å². The summed E-state index contributed by atoms with van der Waals surface area (Å²) in [6.45, 7) is 1.62. The molecule has 0 aromatic heterocycles. The predicted octanol–water partition coefficient (Wildman–Crippen LogP) is 2.24. The number of sulfone groups is 1. The van der Waals surface area contributed by atoms with Crippen molar-refractivity contribution < 1.29 is 18.6 Å². The maximum atomic E-state index is 12.3. The molecule has 0 amide bonds. The maximum absolute atomic E-state index is 12.3. The number of phenols is 2. The third-order valence-corrected chi connectivity index (χ3v) is 4.36. The Morgan fingerprint density at radius 2 is 1.61 bits per heavy atom. The summed E-state index contributed by atoms with van der Waals surface area (Å²) in [7, 11) is -3.67. The zero-order valence-electron chi connectivity index (χ0n) is 9.66. The monoisotopic (exact) mass is 264 g/mol. The molecule has 2 N–H and O–H groups in total. The molecule has 0 bridgehead atoms. The molecule has 2 aromatic rings. The summed E-state index contributed by atoms with van der Waals surface area (Å²) in [5.74, 6) is -0.0589. The molecule has 5 heteroatoms. The maximum Gasteiger partial charge on any atom is 0.206 e. The number of rotatable bonds is 2. The van der Waals surface area contributed by atoms with E-state index in [9.17, 15) is 18.6 Å². The molecule has 0 saturated heterocycles. The van der Waals surface area contributed by atoms with Gasteiger partial charge in [0.05, 0.1) is 9.79 Å². The second kappa shape index (κ2) is 4.34. The molecule has 0 atom stereocenters. The van der Waals surface area contributed by atoms with Gasteiger partial charge in [0.15, 0.2) is 0 Å². The highest BCUT2D eigenvalue weighted by Crippen LogP contribution is 2.26. The molecule has 0 fully saturated rings. The van der Waals surface area contributed by atoms with Crippen LogP contribution >= 0.6 is 0 Å². The summed E-state index contributed by atoms with van der Waals surface area (Å²) in [5, 5.41) is 18.7. The minimum absolute atomic E-state index is 0.0209. The lowest BCUT2D eigenvalue weighted by Gasteiger charge is -2.06. The number of benzene rings is 2. The van der Waals surface area contributed by atoms with Crippen LogP contribution in [0.2, 0.25) is 0 Å². The molecule has 2 rings (SSSR count). The number of aromatic hydroxyl groups is 2. The van der Waals surface area contributed by atoms with Crippen LogP contribution in [0, 0.1) is 6.92 Å². The Hall–Kier alpha value is -2.01. The largest absolute Gasteiger partial charge is 0.508 e. The molecule has 0 heterocycles. The molecule has 0 spiro atoms. The SMILES string of the molecule is Cc1cc(S(=O)(=O)c2cccc(O)c2)ccc1O. The van der Waals surface area contributed by atoms with E-state index in [1.807, 2.05) is 0 Å². The third-order valence-electron chi connectivity index (χ3n) is 2.61. The van der Waals surface area contributed by atoms with Crippen molar-refractivity contribution in [3.05, 3.63) is 48.0 Å². The van der Waals surface area contributed by atoms with Crippen LogP contribution < -0.4 is 0 Å². The first-order valence-corrected chi connectivity index (χ1v) is 6.73. The van der Waals surface area contributed by atoms with E-state index in [0.717, 1.165) is 0 Å². The van der Waals surface area contributed by atoms with Gasteiger partial charge < -0.3 is 10.2 Å². The fraction of sp³-hybridized carbons (Fsp3) is 0.0769. The fourth-order valence-electron chi connectivity index (χ4n) is 1.58. The van der Waals surface area contributed by atoms with Crippen molar-refractivity contribution in [3.63, 3.8) is 0 Å². The minimum Gasteiger partial charge on any atom is -0.508 e. The van der Waals surface area contributed by atoms with E-state index >= 15 is 0 Å². The van der Waals surface area contributed by atoms with E-state index < -0.39 is 9.84 Å². The molecule has 0 unspecified atom stereocenters. The van der Waals surface area contributed by atoms with Crippen LogP contribution in [0.15, 0.2) is 52.3 Å². The zero-order valence-corrected chi connectivity index (χ0v) is 10.5. The quantitative estimate of drug-likeness (QED) is 0.872. The van der Waals surface area contributed by atoms with Crippen molar-refractivity contribution in [2.24, 2.45) is 0 Å². The molecule has 18 heavy (non-hydrogen) atoms. The van der Waals surface area contributed by atoms with Gasteiger partial charge in [-0.25, -0.2) is 8.42 Å². The average molecular weight is 264 g/mol. The molecule has 4 nitrogen and oxygen atoms in total. The van der Waals surface area contributed by atoms with Crippen molar-refractivity contribution >= 4 is 9.84 Å². The summed E-state index contributed by atoms with van der Waals surface area (Å²) >= 11 is 0. The summed E-state index contributed by atoms with van der Waals surface area (Å²) in [6, 6.07) is 9.55. The van der Waals surface area contributed by atoms with Gasteiger partial charge in [0.2, 0.25) is 9.84 Å².